The fraction of sp³-hybridized carbons (Fsp3) is 0.700. The lowest BCUT2D eigenvalue weighted by molar-refractivity contribution is -0.138. The zero-order valence-corrected chi connectivity index (χ0v) is 9.02. The molecule has 1 unspecified atom stereocenters. The summed E-state index contributed by atoms with van der Waals surface area (Å²) in [5.41, 5.74) is 0.751. The van der Waals surface area contributed by atoms with Gasteiger partial charge in [-0.15, -0.1) is 0 Å². The molecule has 0 N–H and O–H groups in total. The third kappa shape index (κ3) is 3.43. The summed E-state index contributed by atoms with van der Waals surface area (Å²) in [6.45, 7) is 4.12. The summed E-state index contributed by atoms with van der Waals surface area (Å²) in [7, 11) is 0. The predicted molar refractivity (Wildman–Crippen MR) is 55.9 cm³/mol. The summed E-state index contributed by atoms with van der Waals surface area (Å²) in [5, 5.41) is 0.532. The first-order valence-electron chi connectivity index (χ1n) is 4.71. The fourth-order valence-electron chi connectivity index (χ4n) is 1.33. The normalized spacial score (nSPS) is 23.2. The molecule has 2 nitrogen and oxygen atoms in total. The maximum absolute atomic E-state index is 11.2. The van der Waals surface area contributed by atoms with Gasteiger partial charge in [-0.1, -0.05) is 6.08 Å². The summed E-state index contributed by atoms with van der Waals surface area (Å²) >= 11 is 1.92. The molecule has 1 saturated heterocycles. The second-order valence-electron chi connectivity index (χ2n) is 3.12. The van der Waals surface area contributed by atoms with Crippen molar-refractivity contribution in [1.82, 2.24) is 0 Å². The summed E-state index contributed by atoms with van der Waals surface area (Å²) in [5.74, 6) is 1.05. The number of carbonyl (C=O) groups excluding carboxylic acids is 1. The van der Waals surface area contributed by atoms with Gasteiger partial charge in [0.15, 0.2) is 0 Å². The quantitative estimate of drug-likeness (QED) is 0.517. The van der Waals surface area contributed by atoms with Crippen LogP contribution in [-0.2, 0) is 9.53 Å². The van der Waals surface area contributed by atoms with E-state index in [1.54, 1.807) is 0 Å². The van der Waals surface area contributed by atoms with E-state index in [9.17, 15) is 4.79 Å². The third-order valence-corrected chi connectivity index (χ3v) is 3.32. The molecule has 0 spiro atoms. The van der Waals surface area contributed by atoms with Crippen LogP contribution in [0.25, 0.3) is 0 Å². The number of thioether (sulfide) groups is 1. The number of esters is 1. The standard InChI is InChI=1S/C10H16O2S/c1-3-12-10(11)8(2)7-9-5-4-6-13-9/h7,9H,3-6H2,1-2H3/b8-7+. The van der Waals surface area contributed by atoms with Crippen molar-refractivity contribution >= 4 is 17.7 Å². The van der Waals surface area contributed by atoms with Crippen molar-refractivity contribution in [1.29, 1.82) is 0 Å². The van der Waals surface area contributed by atoms with Crippen LogP contribution in [0, 0.1) is 0 Å². The maximum atomic E-state index is 11.2. The molecule has 0 aromatic heterocycles. The molecule has 0 radical (unpaired) electrons. The lowest BCUT2D eigenvalue weighted by atomic mass is 10.2. The molecule has 0 aromatic carbocycles. The summed E-state index contributed by atoms with van der Waals surface area (Å²) in [6, 6.07) is 0. The van der Waals surface area contributed by atoms with Crippen LogP contribution in [-0.4, -0.2) is 23.6 Å². The van der Waals surface area contributed by atoms with E-state index in [1.807, 2.05) is 31.7 Å². The molecular weight excluding hydrogens is 184 g/mol. The largest absolute Gasteiger partial charge is 0.463 e. The average molecular weight is 200 g/mol. The minimum Gasteiger partial charge on any atom is -0.463 e. The highest BCUT2D eigenvalue weighted by Crippen LogP contribution is 2.27. The molecule has 0 bridgehead atoms. The number of hydrogen-bond acceptors (Lipinski definition) is 3. The monoisotopic (exact) mass is 200 g/mol. The topological polar surface area (TPSA) is 26.3 Å². The van der Waals surface area contributed by atoms with Crippen molar-refractivity contribution in [3.05, 3.63) is 11.6 Å². The Balaban J connectivity index is 2.44. The van der Waals surface area contributed by atoms with Crippen molar-refractivity contribution in [3.63, 3.8) is 0 Å². The highest BCUT2D eigenvalue weighted by molar-refractivity contribution is 8.00. The van der Waals surface area contributed by atoms with Gasteiger partial charge in [0.05, 0.1) is 6.61 Å². The molecular formula is C10H16O2S. The van der Waals surface area contributed by atoms with Gasteiger partial charge >= 0.3 is 5.97 Å². The van der Waals surface area contributed by atoms with Gasteiger partial charge in [0.25, 0.3) is 0 Å². The van der Waals surface area contributed by atoms with Crippen LogP contribution in [0.2, 0.25) is 0 Å². The van der Waals surface area contributed by atoms with Crippen LogP contribution in [0.1, 0.15) is 26.7 Å². The van der Waals surface area contributed by atoms with E-state index in [2.05, 4.69) is 0 Å². The van der Waals surface area contributed by atoms with Crippen LogP contribution in [0.5, 0.6) is 0 Å². The second kappa shape index (κ2) is 5.32. The molecule has 1 heterocycles. The number of ether oxygens (including phenoxy) is 1. The number of hydrogen-bond donors (Lipinski definition) is 0. The van der Waals surface area contributed by atoms with E-state index in [0.29, 0.717) is 11.9 Å². The van der Waals surface area contributed by atoms with Crippen molar-refractivity contribution in [2.75, 3.05) is 12.4 Å². The Bertz CT molecular complexity index is 205. The molecule has 74 valence electrons. The maximum Gasteiger partial charge on any atom is 0.333 e. The fourth-order valence-corrected chi connectivity index (χ4v) is 2.60. The minimum absolute atomic E-state index is 0.171. The molecule has 1 aliphatic heterocycles. The smallest absolute Gasteiger partial charge is 0.333 e. The molecule has 1 aliphatic rings. The summed E-state index contributed by atoms with van der Waals surface area (Å²) in [6.07, 6.45) is 4.50. The van der Waals surface area contributed by atoms with E-state index in [4.69, 9.17) is 4.74 Å². The Labute approximate surface area is 83.7 Å². The average Bonchev–Trinajstić information content (AvgIpc) is 2.57. The van der Waals surface area contributed by atoms with Gasteiger partial charge in [-0.3, -0.25) is 0 Å². The molecule has 0 amide bonds. The molecule has 1 fully saturated rings. The zero-order valence-electron chi connectivity index (χ0n) is 8.21. The predicted octanol–water partition coefficient (Wildman–Crippen LogP) is 2.39. The van der Waals surface area contributed by atoms with E-state index >= 15 is 0 Å². The van der Waals surface area contributed by atoms with Gasteiger partial charge < -0.3 is 4.74 Å². The van der Waals surface area contributed by atoms with Crippen molar-refractivity contribution in [2.24, 2.45) is 0 Å². The van der Waals surface area contributed by atoms with E-state index < -0.39 is 0 Å². The van der Waals surface area contributed by atoms with Gasteiger partial charge in [-0.05, 0) is 32.4 Å². The Morgan fingerprint density at radius 3 is 3.00 bits per heavy atom. The van der Waals surface area contributed by atoms with Crippen LogP contribution in [0.4, 0.5) is 0 Å². The number of rotatable bonds is 3. The van der Waals surface area contributed by atoms with Gasteiger partial charge in [-0.2, -0.15) is 11.8 Å². The first-order valence-corrected chi connectivity index (χ1v) is 5.76. The van der Waals surface area contributed by atoms with Crippen LogP contribution in [0.15, 0.2) is 11.6 Å². The van der Waals surface area contributed by atoms with Crippen LogP contribution >= 0.6 is 11.8 Å². The van der Waals surface area contributed by atoms with Gasteiger partial charge in [-0.25, -0.2) is 4.79 Å². The van der Waals surface area contributed by atoms with Crippen molar-refractivity contribution in [2.45, 2.75) is 31.9 Å². The molecule has 0 aliphatic carbocycles. The van der Waals surface area contributed by atoms with Crippen LogP contribution < -0.4 is 0 Å². The molecule has 3 heteroatoms. The number of carbonyl (C=O) groups is 1. The Kier molecular flexibility index (Phi) is 4.36. The molecule has 1 rings (SSSR count). The minimum atomic E-state index is -0.171. The first-order chi connectivity index (χ1) is 6.24. The Hall–Kier alpha value is -0.440. The molecule has 13 heavy (non-hydrogen) atoms. The van der Waals surface area contributed by atoms with Crippen molar-refractivity contribution in [3.8, 4) is 0 Å². The highest BCUT2D eigenvalue weighted by atomic mass is 32.2. The summed E-state index contributed by atoms with van der Waals surface area (Å²) in [4.78, 5) is 11.2. The second-order valence-corrected chi connectivity index (χ2v) is 4.47. The van der Waals surface area contributed by atoms with Gasteiger partial charge in [0.2, 0.25) is 0 Å². The lowest BCUT2D eigenvalue weighted by Gasteiger charge is -2.04. The van der Waals surface area contributed by atoms with Crippen molar-refractivity contribution < 1.29 is 9.53 Å². The zero-order chi connectivity index (χ0) is 9.68. The first kappa shape index (κ1) is 10.6. The lowest BCUT2D eigenvalue weighted by Crippen LogP contribution is -2.07. The van der Waals surface area contributed by atoms with Crippen LogP contribution in [0.3, 0.4) is 0 Å². The molecule has 0 saturated carbocycles. The van der Waals surface area contributed by atoms with E-state index in [0.717, 1.165) is 5.57 Å². The van der Waals surface area contributed by atoms with Gasteiger partial charge in [0.1, 0.15) is 0 Å². The SMILES string of the molecule is CCOC(=O)/C(C)=C/C1CCCS1. The van der Waals surface area contributed by atoms with E-state index in [-0.39, 0.29) is 5.97 Å². The molecule has 1 atom stereocenters. The van der Waals surface area contributed by atoms with Gasteiger partial charge in [0, 0.05) is 10.8 Å². The Morgan fingerprint density at radius 2 is 2.46 bits per heavy atom. The highest BCUT2D eigenvalue weighted by Gasteiger charge is 2.15. The molecule has 0 aromatic rings. The van der Waals surface area contributed by atoms with E-state index in [1.165, 1.54) is 18.6 Å². The summed E-state index contributed by atoms with van der Waals surface area (Å²) < 4.78 is 4.90. The third-order valence-electron chi connectivity index (χ3n) is 2.00. The Morgan fingerprint density at radius 1 is 1.69 bits per heavy atom.